The normalized spacial score (nSPS) is 11.2. The molecule has 3 aromatic rings. The quantitative estimate of drug-likeness (QED) is 0.686. The first-order valence-electron chi connectivity index (χ1n) is 5.00. The van der Waals surface area contributed by atoms with Gasteiger partial charge in [-0.2, -0.15) is 0 Å². The molecule has 0 saturated heterocycles. The zero-order chi connectivity index (χ0) is 12.0. The largest absolute Gasteiger partial charge is 0.497 e. The summed E-state index contributed by atoms with van der Waals surface area (Å²) in [6.45, 7) is 0. The lowest BCUT2D eigenvalue weighted by molar-refractivity contribution is 0.415. The van der Waals surface area contributed by atoms with Crippen molar-refractivity contribution in [1.82, 2.24) is 9.97 Å². The number of ether oxygens (including phenoxy) is 1. The molecule has 0 aliphatic rings. The van der Waals surface area contributed by atoms with Crippen LogP contribution in [0.2, 0.25) is 5.15 Å². The van der Waals surface area contributed by atoms with Gasteiger partial charge < -0.3 is 9.72 Å². The molecule has 3 nitrogen and oxygen atoms in total. The number of hydrogen-bond donors (Lipinski definition) is 1. The van der Waals surface area contributed by atoms with Crippen LogP contribution in [0.25, 0.3) is 21.8 Å². The molecule has 0 aliphatic heterocycles. The van der Waals surface area contributed by atoms with Crippen LogP contribution in [0, 0.1) is 0 Å². The highest BCUT2D eigenvalue weighted by Gasteiger charge is 2.12. The van der Waals surface area contributed by atoms with Gasteiger partial charge in [-0.1, -0.05) is 11.6 Å². The summed E-state index contributed by atoms with van der Waals surface area (Å²) in [5.41, 5.74) is 1.96. The van der Waals surface area contributed by atoms with E-state index in [1.54, 1.807) is 13.3 Å². The van der Waals surface area contributed by atoms with Crippen molar-refractivity contribution in [2.75, 3.05) is 7.11 Å². The van der Waals surface area contributed by atoms with Crippen molar-refractivity contribution in [3.63, 3.8) is 0 Å². The van der Waals surface area contributed by atoms with Gasteiger partial charge in [-0.25, -0.2) is 4.98 Å². The molecule has 17 heavy (non-hydrogen) atoms. The lowest BCUT2D eigenvalue weighted by Crippen LogP contribution is -1.82. The van der Waals surface area contributed by atoms with E-state index in [9.17, 15) is 0 Å². The summed E-state index contributed by atoms with van der Waals surface area (Å²) in [5.74, 6) is 0.783. The van der Waals surface area contributed by atoms with E-state index in [0.717, 1.165) is 32.0 Å². The van der Waals surface area contributed by atoms with Crippen molar-refractivity contribution in [2.24, 2.45) is 0 Å². The van der Waals surface area contributed by atoms with Gasteiger partial charge in [0, 0.05) is 21.4 Å². The Hall–Kier alpha value is -1.26. The second kappa shape index (κ2) is 3.89. The van der Waals surface area contributed by atoms with Gasteiger partial charge >= 0.3 is 0 Å². The SMILES string of the molecule is COc1cc(Br)c2[nH]c3ccnc(Cl)c3c2c1. The van der Waals surface area contributed by atoms with Gasteiger partial charge in [0.05, 0.1) is 18.1 Å². The molecule has 0 atom stereocenters. The van der Waals surface area contributed by atoms with Gasteiger partial charge in [0.1, 0.15) is 10.9 Å². The van der Waals surface area contributed by atoms with Crippen molar-refractivity contribution in [3.8, 4) is 5.75 Å². The molecule has 3 rings (SSSR count). The van der Waals surface area contributed by atoms with Crippen LogP contribution in [0.15, 0.2) is 28.9 Å². The van der Waals surface area contributed by atoms with E-state index in [2.05, 4.69) is 25.9 Å². The van der Waals surface area contributed by atoms with E-state index in [1.165, 1.54) is 0 Å². The topological polar surface area (TPSA) is 37.9 Å². The number of benzene rings is 1. The second-order valence-electron chi connectivity index (χ2n) is 3.68. The third-order valence-electron chi connectivity index (χ3n) is 2.73. The van der Waals surface area contributed by atoms with Gasteiger partial charge in [-0.3, -0.25) is 0 Å². The molecule has 0 unspecified atom stereocenters. The van der Waals surface area contributed by atoms with Crippen LogP contribution >= 0.6 is 27.5 Å². The maximum atomic E-state index is 6.14. The molecule has 0 saturated carbocycles. The molecule has 0 fully saturated rings. The van der Waals surface area contributed by atoms with Crippen molar-refractivity contribution < 1.29 is 4.74 Å². The van der Waals surface area contributed by atoms with Crippen LogP contribution in [0.5, 0.6) is 5.75 Å². The summed E-state index contributed by atoms with van der Waals surface area (Å²) in [6.07, 6.45) is 1.69. The minimum atomic E-state index is 0.494. The summed E-state index contributed by atoms with van der Waals surface area (Å²) in [5, 5.41) is 2.42. The first-order valence-corrected chi connectivity index (χ1v) is 6.17. The van der Waals surface area contributed by atoms with Crippen molar-refractivity contribution in [2.45, 2.75) is 0 Å². The number of nitrogens with zero attached hydrogens (tertiary/aromatic N) is 1. The van der Waals surface area contributed by atoms with Crippen molar-refractivity contribution >= 4 is 49.3 Å². The number of fused-ring (bicyclic) bond motifs is 3. The number of pyridine rings is 1. The number of aromatic nitrogens is 2. The number of rotatable bonds is 1. The summed E-state index contributed by atoms with van der Waals surface area (Å²) < 4.78 is 6.20. The van der Waals surface area contributed by atoms with E-state index in [0.29, 0.717) is 5.15 Å². The van der Waals surface area contributed by atoms with Gasteiger partial charge in [0.15, 0.2) is 0 Å². The number of methoxy groups -OCH3 is 1. The Labute approximate surface area is 111 Å². The third kappa shape index (κ3) is 1.59. The van der Waals surface area contributed by atoms with Crippen LogP contribution in [0.4, 0.5) is 0 Å². The monoisotopic (exact) mass is 310 g/mol. The Bertz CT molecular complexity index is 723. The smallest absolute Gasteiger partial charge is 0.138 e. The molecule has 5 heteroatoms. The molecule has 1 N–H and O–H groups in total. The zero-order valence-corrected chi connectivity index (χ0v) is 11.3. The average molecular weight is 312 g/mol. The molecule has 2 aromatic heterocycles. The molecule has 2 heterocycles. The molecular formula is C12H8BrClN2O. The van der Waals surface area contributed by atoms with E-state index in [-0.39, 0.29) is 0 Å². The molecule has 1 aromatic carbocycles. The van der Waals surface area contributed by atoms with Crippen LogP contribution in [0.1, 0.15) is 0 Å². The average Bonchev–Trinajstić information content (AvgIpc) is 2.69. The fraction of sp³-hybridized carbons (Fsp3) is 0.0833. The standard InChI is InChI=1S/C12H8BrClN2O/c1-17-6-4-7-10-9(2-3-15-12(10)14)16-11(7)8(13)5-6/h2-5,16H,1H3. The molecule has 0 amide bonds. The Kier molecular flexibility index (Phi) is 2.49. The Morgan fingerprint density at radius 1 is 1.41 bits per heavy atom. The van der Waals surface area contributed by atoms with Gasteiger partial charge in [-0.05, 0) is 34.1 Å². The molecular weight excluding hydrogens is 304 g/mol. The van der Waals surface area contributed by atoms with Gasteiger partial charge in [-0.15, -0.1) is 0 Å². The summed E-state index contributed by atoms with van der Waals surface area (Å²) in [6, 6.07) is 5.77. The predicted octanol–water partition coefficient (Wildman–Crippen LogP) is 4.14. The van der Waals surface area contributed by atoms with E-state index in [1.807, 2.05) is 18.2 Å². The van der Waals surface area contributed by atoms with Crippen LogP contribution in [-0.4, -0.2) is 17.1 Å². The lowest BCUT2D eigenvalue weighted by Gasteiger charge is -2.01. The van der Waals surface area contributed by atoms with E-state index in [4.69, 9.17) is 16.3 Å². The fourth-order valence-corrected chi connectivity index (χ4v) is 2.75. The number of H-pyrrole nitrogens is 1. The third-order valence-corrected chi connectivity index (χ3v) is 3.65. The van der Waals surface area contributed by atoms with E-state index < -0.39 is 0 Å². The summed E-state index contributed by atoms with van der Waals surface area (Å²) >= 11 is 9.65. The second-order valence-corrected chi connectivity index (χ2v) is 4.89. The van der Waals surface area contributed by atoms with Crippen LogP contribution in [-0.2, 0) is 0 Å². The fourth-order valence-electron chi connectivity index (χ4n) is 1.96. The number of hydrogen-bond acceptors (Lipinski definition) is 2. The van der Waals surface area contributed by atoms with Crippen LogP contribution < -0.4 is 4.74 Å². The molecule has 86 valence electrons. The van der Waals surface area contributed by atoms with E-state index >= 15 is 0 Å². The van der Waals surface area contributed by atoms with Crippen molar-refractivity contribution in [1.29, 1.82) is 0 Å². The number of nitrogens with one attached hydrogen (secondary N) is 1. The summed E-state index contributed by atoms with van der Waals surface area (Å²) in [7, 11) is 1.64. The van der Waals surface area contributed by atoms with Gasteiger partial charge in [0.2, 0.25) is 0 Å². The lowest BCUT2D eigenvalue weighted by atomic mass is 10.2. The van der Waals surface area contributed by atoms with Gasteiger partial charge in [0.25, 0.3) is 0 Å². The Morgan fingerprint density at radius 2 is 2.24 bits per heavy atom. The highest BCUT2D eigenvalue weighted by molar-refractivity contribution is 9.10. The maximum Gasteiger partial charge on any atom is 0.138 e. The zero-order valence-electron chi connectivity index (χ0n) is 8.92. The Morgan fingerprint density at radius 3 is 3.00 bits per heavy atom. The molecule has 0 spiro atoms. The van der Waals surface area contributed by atoms with Crippen LogP contribution in [0.3, 0.4) is 0 Å². The number of aromatic amines is 1. The molecule has 0 radical (unpaired) electrons. The predicted molar refractivity (Wildman–Crippen MR) is 72.9 cm³/mol. The number of halogens is 2. The highest BCUT2D eigenvalue weighted by atomic mass is 79.9. The summed E-state index contributed by atoms with van der Waals surface area (Å²) in [4.78, 5) is 7.42. The highest BCUT2D eigenvalue weighted by Crippen LogP contribution is 2.36. The van der Waals surface area contributed by atoms with Crippen molar-refractivity contribution in [3.05, 3.63) is 34.0 Å². The Balaban J connectivity index is 2.54. The first-order chi connectivity index (χ1) is 8.20. The minimum Gasteiger partial charge on any atom is -0.497 e. The first kappa shape index (κ1) is 10.9. The maximum absolute atomic E-state index is 6.14. The molecule has 0 bridgehead atoms. The minimum absolute atomic E-state index is 0.494. The molecule has 0 aliphatic carbocycles.